The number of nitrogens with zero attached hydrogens (tertiary/aromatic N) is 4. The van der Waals surface area contributed by atoms with Crippen molar-refractivity contribution in [2.45, 2.75) is 24.2 Å². The van der Waals surface area contributed by atoms with Crippen molar-refractivity contribution in [2.75, 3.05) is 0 Å². The van der Waals surface area contributed by atoms with Gasteiger partial charge in [0, 0.05) is 26.3 Å². The maximum absolute atomic E-state index is 6.51. The van der Waals surface area contributed by atoms with Crippen molar-refractivity contribution in [3.63, 3.8) is 0 Å². The van der Waals surface area contributed by atoms with Crippen molar-refractivity contribution < 1.29 is 24.5 Å². The molecule has 5 nitrogen and oxygen atoms in total. The summed E-state index contributed by atoms with van der Waals surface area (Å²) in [5.74, 6) is 7.99. The van der Waals surface area contributed by atoms with Gasteiger partial charge in [0.05, 0.1) is 0 Å². The van der Waals surface area contributed by atoms with Crippen LogP contribution in [0, 0.1) is 19.1 Å². The van der Waals surface area contributed by atoms with Crippen molar-refractivity contribution in [1.29, 1.82) is 0 Å². The summed E-state index contributed by atoms with van der Waals surface area (Å²) in [5, 5.41) is 2.22. The molecular weight excluding hydrogens is 805 g/mol. The zero-order chi connectivity index (χ0) is 31.0. The summed E-state index contributed by atoms with van der Waals surface area (Å²) in [4.78, 5) is 14.0. The van der Waals surface area contributed by atoms with E-state index in [-0.39, 0.29) is 20.1 Å². The molecule has 0 aliphatic rings. The molecule has 4 aromatic heterocycles. The number of hydrogen-bond donors (Lipinski definition) is 0. The number of rotatable bonds is 4. The Morgan fingerprint density at radius 2 is 1.54 bits per heavy atom. The molecule has 4 aromatic carbocycles. The Hall–Kier alpha value is -4.36. The van der Waals surface area contributed by atoms with E-state index in [1.54, 1.807) is 6.20 Å². The summed E-state index contributed by atoms with van der Waals surface area (Å²) in [7, 11) is 0. The Kier molecular flexibility index (Phi) is 9.05. The Bertz CT molecular complexity index is 2220. The van der Waals surface area contributed by atoms with Gasteiger partial charge in [0.15, 0.2) is 0 Å². The van der Waals surface area contributed by atoms with Crippen LogP contribution in [0.25, 0.3) is 61.4 Å². The number of aromatic nitrogens is 4. The molecule has 0 unspecified atom stereocenters. The SMILES string of the molecule is Cc1ccc2nc(-c3[c-]ccc4c3oc3c[c]([Ge]([CH3])([CH3])[CH3])ccc34)n(-c3ccccc3)c2n1.[Ir].[c-]1ccccc1-c1ccccn1. The number of imidazole rings is 1. The maximum atomic E-state index is 6.51. The minimum Gasteiger partial charge on any atom is -0.305 e. The summed E-state index contributed by atoms with van der Waals surface area (Å²) in [6.07, 6.45) is 1.79. The normalized spacial score (nSPS) is 11.3. The minimum atomic E-state index is -1.97. The van der Waals surface area contributed by atoms with Gasteiger partial charge in [-0.25, -0.2) is 0 Å². The quantitative estimate of drug-likeness (QED) is 0.131. The number of furan rings is 1. The third-order valence-corrected chi connectivity index (χ3v) is 12.1. The van der Waals surface area contributed by atoms with Crippen LogP contribution < -0.4 is 4.40 Å². The van der Waals surface area contributed by atoms with E-state index in [2.05, 4.69) is 75.4 Å². The fraction of sp³-hybridized carbons (Fsp3) is 0.103. The molecule has 0 N–H and O–H groups in total. The minimum absolute atomic E-state index is 0. The van der Waals surface area contributed by atoms with Gasteiger partial charge >= 0.3 is 196 Å². The molecule has 0 aliphatic heterocycles. The van der Waals surface area contributed by atoms with Crippen LogP contribution in [-0.2, 0) is 20.1 Å². The fourth-order valence-electron chi connectivity index (χ4n) is 5.49. The average molecular weight is 838 g/mol. The Morgan fingerprint density at radius 1 is 0.739 bits per heavy atom. The molecule has 0 bridgehead atoms. The van der Waals surface area contributed by atoms with Crippen molar-refractivity contribution in [3.8, 4) is 28.3 Å². The summed E-state index contributed by atoms with van der Waals surface area (Å²) < 4.78 is 10.1. The zero-order valence-corrected chi connectivity index (χ0v) is 30.6. The van der Waals surface area contributed by atoms with Crippen LogP contribution in [0.1, 0.15) is 5.69 Å². The molecule has 4 heterocycles. The average Bonchev–Trinajstić information content (AvgIpc) is 3.64. The smallest absolute Gasteiger partial charge is 0.0160 e. The maximum Gasteiger partial charge on any atom is 0.0160 e. The summed E-state index contributed by atoms with van der Waals surface area (Å²) >= 11 is -1.97. The first-order valence-electron chi connectivity index (χ1n) is 15.0. The van der Waals surface area contributed by atoms with Crippen molar-refractivity contribution in [3.05, 3.63) is 139 Å². The molecular formula is C39H32GeIrN4O-2. The second kappa shape index (κ2) is 13.2. The first-order chi connectivity index (χ1) is 21.9. The van der Waals surface area contributed by atoms with E-state index in [0.717, 1.165) is 67.1 Å². The fourth-order valence-corrected chi connectivity index (χ4v) is 7.90. The van der Waals surface area contributed by atoms with Gasteiger partial charge in [-0.1, -0.05) is 12.1 Å². The standard InChI is InChI=1S/C28H24GeN3O.C11H8N.Ir/c1-18-13-16-24-28(30-18)32(20-9-6-5-7-10-20)27(31-24)23-12-8-11-22-21-15-14-19(29(2,3)4)17-25(21)33-26(22)23;1-2-6-10(7-3-1)11-8-4-5-9-12-11;/h5-11,13-17H,1-4H3;1-6,8-9H;/q2*-1;. The van der Waals surface area contributed by atoms with Crippen LogP contribution in [0.15, 0.2) is 126 Å². The van der Waals surface area contributed by atoms with Crippen LogP contribution in [0.4, 0.5) is 0 Å². The van der Waals surface area contributed by atoms with Gasteiger partial charge in [-0.2, -0.15) is 0 Å². The molecule has 0 spiro atoms. The van der Waals surface area contributed by atoms with E-state index < -0.39 is 13.3 Å². The van der Waals surface area contributed by atoms with Gasteiger partial charge < -0.3 is 4.98 Å². The molecule has 0 saturated heterocycles. The number of hydrogen-bond acceptors (Lipinski definition) is 4. The van der Waals surface area contributed by atoms with Crippen molar-refractivity contribution in [1.82, 2.24) is 19.5 Å². The summed E-state index contributed by atoms with van der Waals surface area (Å²) in [6.45, 7) is 2.00. The van der Waals surface area contributed by atoms with E-state index >= 15 is 0 Å². The predicted molar refractivity (Wildman–Crippen MR) is 187 cm³/mol. The number of benzene rings is 4. The molecule has 46 heavy (non-hydrogen) atoms. The van der Waals surface area contributed by atoms with Gasteiger partial charge in [-0.3, -0.25) is 0 Å². The Morgan fingerprint density at radius 3 is 2.28 bits per heavy atom. The van der Waals surface area contributed by atoms with E-state index in [0.29, 0.717) is 0 Å². The van der Waals surface area contributed by atoms with Gasteiger partial charge in [-0.15, -0.1) is 35.9 Å². The van der Waals surface area contributed by atoms with Crippen LogP contribution >= 0.6 is 0 Å². The third-order valence-electron chi connectivity index (χ3n) is 7.83. The molecule has 0 amide bonds. The predicted octanol–water partition coefficient (Wildman–Crippen LogP) is 9.19. The summed E-state index contributed by atoms with van der Waals surface area (Å²) in [6, 6.07) is 45.3. The van der Waals surface area contributed by atoms with E-state index in [4.69, 9.17) is 14.4 Å². The van der Waals surface area contributed by atoms with Crippen molar-refractivity contribution >= 4 is 50.8 Å². The number of aryl methyl sites for hydroxylation is 1. The molecule has 229 valence electrons. The number of fused-ring (bicyclic) bond motifs is 4. The van der Waals surface area contributed by atoms with Gasteiger partial charge in [0.25, 0.3) is 0 Å². The van der Waals surface area contributed by atoms with Crippen LogP contribution in [0.2, 0.25) is 17.3 Å². The van der Waals surface area contributed by atoms with Crippen LogP contribution in [-0.4, -0.2) is 32.8 Å². The molecule has 0 saturated carbocycles. The first kappa shape index (κ1) is 31.6. The molecule has 1 radical (unpaired) electrons. The van der Waals surface area contributed by atoms with Crippen LogP contribution in [0.5, 0.6) is 0 Å². The second-order valence-electron chi connectivity index (χ2n) is 12.1. The molecule has 0 fully saturated rings. The number of para-hydroxylation sites is 1. The van der Waals surface area contributed by atoms with Crippen LogP contribution in [0.3, 0.4) is 0 Å². The molecule has 8 aromatic rings. The zero-order valence-electron chi connectivity index (χ0n) is 26.1. The Balaban J connectivity index is 0.000000241. The van der Waals surface area contributed by atoms with E-state index in [1.807, 2.05) is 85.8 Å². The largest absolute Gasteiger partial charge is 0.305 e. The van der Waals surface area contributed by atoms with Gasteiger partial charge in [-0.05, 0) is 11.8 Å². The third kappa shape index (κ3) is 6.21. The first-order valence-corrected chi connectivity index (χ1v) is 22.4. The van der Waals surface area contributed by atoms with Gasteiger partial charge in [0.1, 0.15) is 0 Å². The molecule has 0 aliphatic carbocycles. The monoisotopic (exact) mass is 839 g/mol. The molecule has 8 rings (SSSR count). The van der Waals surface area contributed by atoms with Crippen molar-refractivity contribution in [2.24, 2.45) is 0 Å². The number of pyridine rings is 2. The van der Waals surface area contributed by atoms with E-state index in [1.165, 1.54) is 4.40 Å². The summed E-state index contributed by atoms with van der Waals surface area (Å²) in [5.41, 5.74) is 8.26. The van der Waals surface area contributed by atoms with E-state index in [9.17, 15) is 0 Å². The second-order valence-corrected chi connectivity index (χ2v) is 22.7. The Labute approximate surface area is 285 Å². The van der Waals surface area contributed by atoms with Gasteiger partial charge in [0.2, 0.25) is 0 Å². The topological polar surface area (TPSA) is 56.7 Å². The molecule has 0 atom stereocenters. The molecule has 7 heteroatoms.